The molecular formula is C14H21ClN2O5S2. The van der Waals surface area contributed by atoms with E-state index in [0.29, 0.717) is 19.6 Å². The predicted molar refractivity (Wildman–Crippen MR) is 91.4 cm³/mol. The maximum absolute atomic E-state index is 12.8. The maximum atomic E-state index is 12.8. The van der Waals surface area contributed by atoms with Gasteiger partial charge in [-0.15, -0.1) is 12.4 Å². The van der Waals surface area contributed by atoms with Crippen LogP contribution in [0, 0.1) is 11.3 Å². The van der Waals surface area contributed by atoms with E-state index in [-0.39, 0.29) is 41.3 Å². The third-order valence-electron chi connectivity index (χ3n) is 4.85. The molecule has 0 aliphatic carbocycles. The second kappa shape index (κ2) is 6.54. The summed E-state index contributed by atoms with van der Waals surface area (Å²) in [5.74, 6) is 0.0950. The zero-order valence-corrected chi connectivity index (χ0v) is 15.6. The first kappa shape index (κ1) is 19.6. The summed E-state index contributed by atoms with van der Waals surface area (Å²) < 4.78 is 49.8. The number of hydrogen-bond donors (Lipinski definition) is 2. The number of benzene rings is 1. The third-order valence-corrected chi connectivity index (χ3v) is 7.81. The Labute approximate surface area is 148 Å². The van der Waals surface area contributed by atoms with E-state index in [1.54, 1.807) is 0 Å². The Morgan fingerprint density at radius 3 is 2.29 bits per heavy atom. The summed E-state index contributed by atoms with van der Waals surface area (Å²) in [7, 11) is -7.05. The van der Waals surface area contributed by atoms with Crippen LogP contribution in [0.4, 0.5) is 0 Å². The van der Waals surface area contributed by atoms with Crippen LogP contribution in [0.5, 0.6) is 0 Å². The van der Waals surface area contributed by atoms with Crippen molar-refractivity contribution in [3.8, 4) is 0 Å². The summed E-state index contributed by atoms with van der Waals surface area (Å²) in [6.07, 6.45) is 1.08. The highest BCUT2D eigenvalue weighted by atomic mass is 35.5. The lowest BCUT2D eigenvalue weighted by atomic mass is 9.82. The number of nitrogens with zero attached hydrogens (tertiary/aromatic N) is 1. The van der Waals surface area contributed by atoms with Crippen molar-refractivity contribution in [1.82, 2.24) is 9.62 Å². The third kappa shape index (κ3) is 3.21. The van der Waals surface area contributed by atoms with Gasteiger partial charge in [0.1, 0.15) is 0 Å². The number of sulfone groups is 1. The molecule has 0 aromatic heterocycles. The molecule has 10 heteroatoms. The lowest BCUT2D eigenvalue weighted by molar-refractivity contribution is 0.130. The molecular weight excluding hydrogens is 376 g/mol. The summed E-state index contributed by atoms with van der Waals surface area (Å²) in [6, 6.07) is 5.26. The molecule has 136 valence electrons. The van der Waals surface area contributed by atoms with Crippen LogP contribution in [0.2, 0.25) is 0 Å². The van der Waals surface area contributed by atoms with Crippen molar-refractivity contribution in [2.24, 2.45) is 11.3 Å². The Bertz CT molecular complexity index is 810. The minimum absolute atomic E-state index is 0. The normalized spacial score (nSPS) is 27.7. The molecule has 2 saturated heterocycles. The molecule has 2 fully saturated rings. The highest BCUT2D eigenvalue weighted by Gasteiger charge is 2.52. The Morgan fingerprint density at radius 2 is 1.79 bits per heavy atom. The molecule has 7 nitrogen and oxygen atoms in total. The van der Waals surface area contributed by atoms with Gasteiger partial charge in [-0.05, 0) is 36.7 Å². The summed E-state index contributed by atoms with van der Waals surface area (Å²) in [5.41, 5.74) is -0.417. The molecule has 2 atom stereocenters. The van der Waals surface area contributed by atoms with Crippen LogP contribution in [0.25, 0.3) is 0 Å². The molecule has 2 aliphatic heterocycles. The molecule has 3 rings (SSSR count). The Morgan fingerprint density at radius 1 is 1.21 bits per heavy atom. The molecule has 2 N–H and O–H groups in total. The molecule has 0 bridgehead atoms. The Balaban J connectivity index is 0.00000208. The van der Waals surface area contributed by atoms with E-state index in [9.17, 15) is 21.9 Å². The second-order valence-electron chi connectivity index (χ2n) is 6.39. The number of nitrogens with one attached hydrogen (secondary N) is 1. The SMILES string of the molecule is CS(=O)(=O)c1ccc(S(=O)(=O)N2CC3CNCC3(CO)C2)cc1.Cl. The van der Waals surface area contributed by atoms with E-state index < -0.39 is 25.3 Å². The van der Waals surface area contributed by atoms with Crippen LogP contribution in [-0.4, -0.2) is 65.3 Å². The van der Waals surface area contributed by atoms with Gasteiger partial charge in [0.2, 0.25) is 10.0 Å². The first-order valence-corrected chi connectivity index (χ1v) is 10.6. The van der Waals surface area contributed by atoms with Gasteiger partial charge in [-0.25, -0.2) is 16.8 Å². The molecule has 0 saturated carbocycles. The number of aliphatic hydroxyl groups excluding tert-OH is 1. The lowest BCUT2D eigenvalue weighted by Gasteiger charge is -2.25. The van der Waals surface area contributed by atoms with Crippen LogP contribution in [0.15, 0.2) is 34.1 Å². The number of aliphatic hydroxyl groups is 1. The van der Waals surface area contributed by atoms with Gasteiger partial charge in [-0.2, -0.15) is 4.31 Å². The van der Waals surface area contributed by atoms with Crippen LogP contribution >= 0.6 is 12.4 Å². The molecule has 2 aliphatic rings. The lowest BCUT2D eigenvalue weighted by Crippen LogP contribution is -2.37. The van der Waals surface area contributed by atoms with E-state index in [2.05, 4.69) is 5.32 Å². The van der Waals surface area contributed by atoms with Crippen molar-refractivity contribution >= 4 is 32.3 Å². The number of rotatable bonds is 4. The van der Waals surface area contributed by atoms with Crippen molar-refractivity contribution < 1.29 is 21.9 Å². The van der Waals surface area contributed by atoms with Crippen molar-refractivity contribution in [2.75, 3.05) is 39.0 Å². The predicted octanol–water partition coefficient (Wildman–Crippen LogP) is -0.286. The van der Waals surface area contributed by atoms with Gasteiger partial charge in [0, 0.05) is 31.3 Å². The van der Waals surface area contributed by atoms with E-state index in [1.165, 1.54) is 28.6 Å². The van der Waals surface area contributed by atoms with Gasteiger partial charge < -0.3 is 10.4 Å². The quantitative estimate of drug-likeness (QED) is 0.725. The largest absolute Gasteiger partial charge is 0.396 e. The molecule has 0 spiro atoms. The van der Waals surface area contributed by atoms with E-state index in [4.69, 9.17) is 0 Å². The number of halogens is 1. The van der Waals surface area contributed by atoms with Crippen molar-refractivity contribution in [1.29, 1.82) is 0 Å². The monoisotopic (exact) mass is 396 g/mol. The van der Waals surface area contributed by atoms with Crippen LogP contribution in [-0.2, 0) is 19.9 Å². The van der Waals surface area contributed by atoms with E-state index >= 15 is 0 Å². The molecule has 2 heterocycles. The standard InChI is InChI=1S/C14H20N2O5S2.ClH/c1-22(18,19)12-2-4-13(5-3-12)23(20,21)16-7-11-6-15-8-14(11,9-16)10-17;/h2-5,11,15,17H,6-10H2,1H3;1H. The number of sulfonamides is 1. The molecule has 0 radical (unpaired) electrons. The molecule has 2 unspecified atom stereocenters. The fraction of sp³-hybridized carbons (Fsp3) is 0.571. The van der Waals surface area contributed by atoms with Gasteiger partial charge in [-0.3, -0.25) is 0 Å². The van der Waals surface area contributed by atoms with Gasteiger partial charge >= 0.3 is 0 Å². The van der Waals surface area contributed by atoms with Crippen molar-refractivity contribution in [3.05, 3.63) is 24.3 Å². The zero-order chi connectivity index (χ0) is 16.9. The highest BCUT2D eigenvalue weighted by Crippen LogP contribution is 2.40. The molecule has 1 aromatic rings. The highest BCUT2D eigenvalue weighted by molar-refractivity contribution is 7.90. The Kier molecular flexibility index (Phi) is 5.35. The number of fused-ring (bicyclic) bond motifs is 1. The van der Waals surface area contributed by atoms with Crippen LogP contribution < -0.4 is 5.32 Å². The van der Waals surface area contributed by atoms with Gasteiger partial charge in [0.15, 0.2) is 9.84 Å². The fourth-order valence-corrected chi connectivity index (χ4v) is 5.60. The van der Waals surface area contributed by atoms with Crippen molar-refractivity contribution in [2.45, 2.75) is 9.79 Å². The summed E-state index contributed by atoms with van der Waals surface area (Å²) in [5, 5.41) is 12.9. The van der Waals surface area contributed by atoms with Crippen LogP contribution in [0.1, 0.15) is 0 Å². The first-order chi connectivity index (χ1) is 10.7. The Hall–Kier alpha value is -0.710. The summed E-state index contributed by atoms with van der Waals surface area (Å²) in [6.45, 7) is 1.89. The summed E-state index contributed by atoms with van der Waals surface area (Å²) in [4.78, 5) is 0.164. The van der Waals surface area contributed by atoms with Crippen LogP contribution in [0.3, 0.4) is 0 Å². The smallest absolute Gasteiger partial charge is 0.243 e. The first-order valence-electron chi connectivity index (χ1n) is 7.31. The second-order valence-corrected chi connectivity index (χ2v) is 10.3. The topological polar surface area (TPSA) is 104 Å². The molecule has 1 aromatic carbocycles. The van der Waals surface area contributed by atoms with Gasteiger partial charge in [-0.1, -0.05) is 0 Å². The van der Waals surface area contributed by atoms with E-state index in [1.807, 2.05) is 0 Å². The average Bonchev–Trinajstić information content (AvgIpc) is 3.04. The molecule has 24 heavy (non-hydrogen) atoms. The maximum Gasteiger partial charge on any atom is 0.243 e. The van der Waals surface area contributed by atoms with Crippen molar-refractivity contribution in [3.63, 3.8) is 0 Å². The summed E-state index contributed by atoms with van der Waals surface area (Å²) >= 11 is 0. The van der Waals surface area contributed by atoms with Gasteiger partial charge in [0.05, 0.1) is 16.4 Å². The molecule has 0 amide bonds. The fourth-order valence-electron chi connectivity index (χ4n) is 3.39. The minimum atomic E-state index is -3.69. The minimum Gasteiger partial charge on any atom is -0.396 e. The zero-order valence-electron chi connectivity index (χ0n) is 13.2. The number of hydrogen-bond acceptors (Lipinski definition) is 6. The average molecular weight is 397 g/mol. The van der Waals surface area contributed by atoms with E-state index in [0.717, 1.165) is 6.26 Å². The van der Waals surface area contributed by atoms with Gasteiger partial charge in [0.25, 0.3) is 0 Å².